The van der Waals surface area contributed by atoms with Gasteiger partial charge in [0.05, 0.1) is 7.11 Å². The Hall–Kier alpha value is -3.13. The number of anilines is 2. The molecule has 0 aliphatic carbocycles. The van der Waals surface area contributed by atoms with Crippen molar-refractivity contribution in [2.24, 2.45) is 0 Å². The van der Waals surface area contributed by atoms with Gasteiger partial charge in [0.25, 0.3) is 0 Å². The van der Waals surface area contributed by atoms with Gasteiger partial charge < -0.3 is 24.6 Å². The molecule has 0 saturated carbocycles. The van der Waals surface area contributed by atoms with E-state index in [1.54, 1.807) is 12.1 Å². The number of amides is 1. The van der Waals surface area contributed by atoms with Gasteiger partial charge in [-0.05, 0) is 49.4 Å². The first-order chi connectivity index (χ1) is 15.4. The van der Waals surface area contributed by atoms with Crippen molar-refractivity contribution < 1.29 is 23.0 Å². The van der Waals surface area contributed by atoms with Crippen LogP contribution in [-0.4, -0.2) is 57.3 Å². The van der Waals surface area contributed by atoms with E-state index >= 15 is 0 Å². The number of piperazine rings is 1. The largest absolute Gasteiger partial charge is 0.493 e. The topological polar surface area (TPSA) is 54.0 Å². The van der Waals surface area contributed by atoms with E-state index in [9.17, 15) is 13.6 Å². The van der Waals surface area contributed by atoms with Crippen molar-refractivity contribution in [3.05, 3.63) is 53.6 Å². The summed E-state index contributed by atoms with van der Waals surface area (Å²) >= 11 is 0. The summed E-state index contributed by atoms with van der Waals surface area (Å²) in [7, 11) is 1.36. The minimum absolute atomic E-state index is 0.114. The van der Waals surface area contributed by atoms with Crippen LogP contribution in [0.5, 0.6) is 11.5 Å². The number of rotatable bonds is 8. The van der Waals surface area contributed by atoms with Crippen molar-refractivity contribution in [1.29, 1.82) is 0 Å². The number of hydrogen-bond donors (Lipinski definition) is 1. The molecule has 2 aromatic carbocycles. The van der Waals surface area contributed by atoms with Gasteiger partial charge in [0.15, 0.2) is 11.5 Å². The minimum Gasteiger partial charge on any atom is -0.493 e. The van der Waals surface area contributed by atoms with Gasteiger partial charge in [-0.3, -0.25) is 4.79 Å². The maximum Gasteiger partial charge on any atom is 0.387 e. The number of nitrogens with zero attached hydrogens (tertiary/aromatic N) is 2. The van der Waals surface area contributed by atoms with Crippen molar-refractivity contribution in [2.75, 3.05) is 50.1 Å². The molecule has 1 N–H and O–H groups in total. The highest BCUT2D eigenvalue weighted by atomic mass is 19.3. The molecule has 1 aliphatic rings. The molecule has 1 saturated heterocycles. The SMILES string of the molecule is CCN1CCN(c2ccc(NC(=O)/C=C/c3cccc(OC)c3OC(F)F)cc2C)CC1. The lowest BCUT2D eigenvalue weighted by Crippen LogP contribution is -2.46. The molecule has 1 heterocycles. The third kappa shape index (κ3) is 5.97. The van der Waals surface area contributed by atoms with Gasteiger partial charge >= 0.3 is 6.61 Å². The number of aryl methyl sites for hydroxylation is 1. The lowest BCUT2D eigenvalue weighted by molar-refractivity contribution is -0.111. The van der Waals surface area contributed by atoms with Gasteiger partial charge in [-0.1, -0.05) is 19.1 Å². The Labute approximate surface area is 187 Å². The summed E-state index contributed by atoms with van der Waals surface area (Å²) in [6.45, 7) is 6.31. The molecular formula is C24H29F2N3O3. The van der Waals surface area contributed by atoms with Crippen molar-refractivity contribution >= 4 is 23.4 Å². The zero-order valence-corrected chi connectivity index (χ0v) is 18.6. The summed E-state index contributed by atoms with van der Waals surface area (Å²) in [5, 5.41) is 2.82. The third-order valence-electron chi connectivity index (χ3n) is 5.48. The molecule has 0 unspecified atom stereocenters. The van der Waals surface area contributed by atoms with E-state index in [1.807, 2.05) is 25.1 Å². The number of para-hydroxylation sites is 1. The van der Waals surface area contributed by atoms with E-state index in [0.717, 1.165) is 38.3 Å². The van der Waals surface area contributed by atoms with Crippen LogP contribution in [0.2, 0.25) is 0 Å². The standard InChI is InChI=1S/C24H29F2N3O3/c1-4-28-12-14-29(15-13-28)20-10-9-19(16-17(20)2)27-22(30)11-8-18-6-5-7-21(31-3)23(18)32-24(25)26/h5-11,16,24H,4,12-15H2,1-3H3,(H,27,30)/b11-8+. The Balaban J connectivity index is 1.67. The fourth-order valence-corrected chi connectivity index (χ4v) is 3.78. The van der Waals surface area contributed by atoms with Crippen LogP contribution in [-0.2, 0) is 4.79 Å². The molecule has 2 aromatic rings. The summed E-state index contributed by atoms with van der Waals surface area (Å²) in [6.07, 6.45) is 2.70. The van der Waals surface area contributed by atoms with Gasteiger partial charge in [-0.2, -0.15) is 8.78 Å². The monoisotopic (exact) mass is 445 g/mol. The van der Waals surface area contributed by atoms with Crippen molar-refractivity contribution in [3.8, 4) is 11.5 Å². The molecule has 6 nitrogen and oxygen atoms in total. The molecule has 0 spiro atoms. The molecule has 32 heavy (non-hydrogen) atoms. The maximum atomic E-state index is 12.8. The number of hydrogen-bond acceptors (Lipinski definition) is 5. The van der Waals surface area contributed by atoms with Gasteiger partial charge in [0, 0.05) is 49.2 Å². The summed E-state index contributed by atoms with van der Waals surface area (Å²) < 4.78 is 35.2. The predicted octanol–water partition coefficient (Wildman–Crippen LogP) is 4.40. The number of likely N-dealkylation sites (N-methyl/N-ethyl adjacent to an activating group) is 1. The van der Waals surface area contributed by atoms with E-state index in [0.29, 0.717) is 11.3 Å². The fraction of sp³-hybridized carbons (Fsp3) is 0.375. The van der Waals surface area contributed by atoms with Crippen LogP contribution in [0, 0.1) is 6.92 Å². The number of halogens is 2. The predicted molar refractivity (Wildman–Crippen MR) is 123 cm³/mol. The van der Waals surface area contributed by atoms with Gasteiger partial charge in [-0.25, -0.2) is 0 Å². The number of nitrogens with one attached hydrogen (secondary N) is 1. The van der Waals surface area contributed by atoms with Crippen LogP contribution >= 0.6 is 0 Å². The summed E-state index contributed by atoms with van der Waals surface area (Å²) in [5.74, 6) is -0.323. The number of methoxy groups -OCH3 is 1. The second-order valence-corrected chi connectivity index (χ2v) is 7.50. The Morgan fingerprint density at radius 1 is 1.19 bits per heavy atom. The van der Waals surface area contributed by atoms with E-state index in [2.05, 4.69) is 26.8 Å². The average molecular weight is 446 g/mol. The molecule has 0 aromatic heterocycles. The Kier molecular flexibility index (Phi) is 8.05. The average Bonchev–Trinajstić information content (AvgIpc) is 2.78. The summed E-state index contributed by atoms with van der Waals surface area (Å²) in [4.78, 5) is 17.2. The van der Waals surface area contributed by atoms with Crippen LogP contribution in [0.4, 0.5) is 20.2 Å². The Bertz CT molecular complexity index is 958. The number of carbonyl (C=O) groups excluding carboxylic acids is 1. The summed E-state index contributed by atoms with van der Waals surface area (Å²) in [6, 6.07) is 10.5. The van der Waals surface area contributed by atoms with E-state index in [4.69, 9.17) is 4.74 Å². The van der Waals surface area contributed by atoms with Crippen molar-refractivity contribution in [1.82, 2.24) is 4.90 Å². The van der Waals surface area contributed by atoms with Gasteiger partial charge in [-0.15, -0.1) is 0 Å². The number of carbonyl (C=O) groups is 1. The molecule has 0 atom stereocenters. The number of ether oxygens (including phenoxy) is 2. The molecule has 0 bridgehead atoms. The van der Waals surface area contributed by atoms with E-state index < -0.39 is 6.61 Å². The summed E-state index contributed by atoms with van der Waals surface area (Å²) in [5.41, 5.74) is 3.23. The quantitative estimate of drug-likeness (QED) is 0.611. The highest BCUT2D eigenvalue weighted by Gasteiger charge is 2.17. The number of alkyl halides is 2. The molecule has 172 valence electrons. The van der Waals surface area contributed by atoms with Crippen LogP contribution in [0.25, 0.3) is 6.08 Å². The molecule has 8 heteroatoms. The van der Waals surface area contributed by atoms with Crippen LogP contribution in [0.15, 0.2) is 42.5 Å². The van der Waals surface area contributed by atoms with Crippen molar-refractivity contribution in [3.63, 3.8) is 0 Å². The first-order valence-corrected chi connectivity index (χ1v) is 10.6. The lowest BCUT2D eigenvalue weighted by Gasteiger charge is -2.36. The first-order valence-electron chi connectivity index (χ1n) is 10.6. The van der Waals surface area contributed by atoms with Crippen molar-refractivity contribution in [2.45, 2.75) is 20.5 Å². The molecular weight excluding hydrogens is 416 g/mol. The third-order valence-corrected chi connectivity index (χ3v) is 5.48. The maximum absolute atomic E-state index is 12.8. The zero-order chi connectivity index (χ0) is 23.1. The lowest BCUT2D eigenvalue weighted by atomic mass is 10.1. The molecule has 3 rings (SSSR count). The normalized spacial score (nSPS) is 14.8. The smallest absolute Gasteiger partial charge is 0.387 e. The first kappa shape index (κ1) is 23.5. The van der Waals surface area contributed by atoms with Crippen LogP contribution < -0.4 is 19.7 Å². The minimum atomic E-state index is -3.00. The zero-order valence-electron chi connectivity index (χ0n) is 18.6. The number of benzene rings is 2. The van der Waals surface area contributed by atoms with E-state index in [1.165, 1.54) is 31.0 Å². The highest BCUT2D eigenvalue weighted by molar-refractivity contribution is 6.02. The van der Waals surface area contributed by atoms with Crippen LogP contribution in [0.1, 0.15) is 18.1 Å². The van der Waals surface area contributed by atoms with Gasteiger partial charge in [0.2, 0.25) is 5.91 Å². The second kappa shape index (κ2) is 10.9. The van der Waals surface area contributed by atoms with E-state index in [-0.39, 0.29) is 17.4 Å². The van der Waals surface area contributed by atoms with Gasteiger partial charge in [0.1, 0.15) is 0 Å². The molecule has 1 amide bonds. The Morgan fingerprint density at radius 2 is 1.94 bits per heavy atom. The highest BCUT2D eigenvalue weighted by Crippen LogP contribution is 2.33. The fourth-order valence-electron chi connectivity index (χ4n) is 3.78. The molecule has 1 aliphatic heterocycles. The van der Waals surface area contributed by atoms with Crippen LogP contribution in [0.3, 0.4) is 0 Å². The molecule has 0 radical (unpaired) electrons. The Morgan fingerprint density at radius 3 is 2.56 bits per heavy atom. The molecule has 1 fully saturated rings. The second-order valence-electron chi connectivity index (χ2n) is 7.50.